The second-order valence-electron chi connectivity index (χ2n) is 7.31. The Morgan fingerprint density at radius 1 is 0.939 bits per heavy atom. The lowest BCUT2D eigenvalue weighted by Gasteiger charge is -2.22. The molecule has 3 aromatic carbocycles. The lowest BCUT2D eigenvalue weighted by atomic mass is 9.90. The number of hydrogen-bond donors (Lipinski definition) is 1. The van der Waals surface area contributed by atoms with E-state index in [9.17, 15) is 19.7 Å². The van der Waals surface area contributed by atoms with Gasteiger partial charge >= 0.3 is 11.7 Å². The Kier molecular flexibility index (Phi) is 7.75. The van der Waals surface area contributed by atoms with Gasteiger partial charge in [0.25, 0.3) is 0 Å². The van der Waals surface area contributed by atoms with Gasteiger partial charge in [-0.2, -0.15) is 0 Å². The van der Waals surface area contributed by atoms with Crippen molar-refractivity contribution in [2.45, 2.75) is 18.4 Å². The summed E-state index contributed by atoms with van der Waals surface area (Å²) < 4.78 is 9.91. The molecule has 0 heterocycles. The number of amides is 1. The highest BCUT2D eigenvalue weighted by Crippen LogP contribution is 2.29. The van der Waals surface area contributed by atoms with Crippen LogP contribution in [-0.4, -0.2) is 37.1 Å². The Balaban J connectivity index is 1.90. The van der Waals surface area contributed by atoms with Gasteiger partial charge in [0.2, 0.25) is 5.91 Å². The first-order chi connectivity index (χ1) is 15.9. The van der Waals surface area contributed by atoms with E-state index in [1.54, 1.807) is 6.07 Å². The number of ether oxygens (including phenoxy) is 2. The van der Waals surface area contributed by atoms with Crippen LogP contribution in [0, 0.1) is 10.1 Å². The monoisotopic (exact) mass is 448 g/mol. The van der Waals surface area contributed by atoms with Crippen molar-refractivity contribution in [3.05, 3.63) is 106 Å². The average molecular weight is 448 g/mol. The number of carbonyl (C=O) groups excluding carboxylic acids is 2. The van der Waals surface area contributed by atoms with Crippen LogP contribution >= 0.6 is 0 Å². The van der Waals surface area contributed by atoms with Crippen molar-refractivity contribution in [2.24, 2.45) is 0 Å². The minimum atomic E-state index is -1.04. The van der Waals surface area contributed by atoms with E-state index < -0.39 is 22.9 Å². The third-order valence-electron chi connectivity index (χ3n) is 5.21. The number of hydrogen-bond acceptors (Lipinski definition) is 6. The quantitative estimate of drug-likeness (QED) is 0.304. The molecule has 0 saturated heterocycles. The fraction of sp³-hybridized carbons (Fsp3) is 0.200. The maximum absolute atomic E-state index is 13.4. The van der Waals surface area contributed by atoms with Crippen LogP contribution in [0.1, 0.15) is 22.6 Å². The van der Waals surface area contributed by atoms with E-state index in [1.807, 2.05) is 60.7 Å². The van der Waals surface area contributed by atoms with Crippen LogP contribution in [0.5, 0.6) is 5.75 Å². The van der Waals surface area contributed by atoms with Crippen molar-refractivity contribution in [2.75, 3.05) is 14.2 Å². The molecule has 0 unspecified atom stereocenters. The summed E-state index contributed by atoms with van der Waals surface area (Å²) in [6.45, 7) is 0. The van der Waals surface area contributed by atoms with Crippen molar-refractivity contribution < 1.29 is 24.0 Å². The van der Waals surface area contributed by atoms with Gasteiger partial charge in [-0.15, -0.1) is 0 Å². The van der Waals surface area contributed by atoms with Gasteiger partial charge in [0.05, 0.1) is 25.1 Å². The maximum Gasteiger partial charge on any atom is 0.328 e. The number of esters is 1. The molecule has 0 fully saturated rings. The van der Waals surface area contributed by atoms with Gasteiger partial charge in [0.15, 0.2) is 5.75 Å². The Labute approximate surface area is 191 Å². The lowest BCUT2D eigenvalue weighted by molar-refractivity contribution is -0.385. The van der Waals surface area contributed by atoms with Crippen LogP contribution < -0.4 is 10.1 Å². The average Bonchev–Trinajstić information content (AvgIpc) is 2.84. The molecule has 1 atom stereocenters. The van der Waals surface area contributed by atoms with Crippen molar-refractivity contribution in [1.82, 2.24) is 5.32 Å². The summed E-state index contributed by atoms with van der Waals surface area (Å²) in [4.78, 5) is 36.7. The summed E-state index contributed by atoms with van der Waals surface area (Å²) in [5, 5.41) is 14.1. The molecular weight excluding hydrogens is 424 g/mol. The molecule has 3 aromatic rings. The summed E-state index contributed by atoms with van der Waals surface area (Å²) in [7, 11) is 2.57. The van der Waals surface area contributed by atoms with E-state index in [0.717, 1.165) is 11.1 Å². The largest absolute Gasteiger partial charge is 0.490 e. The summed E-state index contributed by atoms with van der Waals surface area (Å²) in [6, 6.07) is 21.8. The van der Waals surface area contributed by atoms with Crippen LogP contribution in [0.15, 0.2) is 78.9 Å². The van der Waals surface area contributed by atoms with Gasteiger partial charge < -0.3 is 14.8 Å². The predicted octanol–water partition coefficient (Wildman–Crippen LogP) is 3.64. The number of benzene rings is 3. The fourth-order valence-electron chi connectivity index (χ4n) is 3.62. The van der Waals surface area contributed by atoms with E-state index in [1.165, 1.54) is 26.4 Å². The molecule has 33 heavy (non-hydrogen) atoms. The van der Waals surface area contributed by atoms with Gasteiger partial charge in [-0.05, 0) is 22.8 Å². The van der Waals surface area contributed by atoms with Crippen LogP contribution in [0.25, 0.3) is 0 Å². The fourth-order valence-corrected chi connectivity index (χ4v) is 3.62. The van der Waals surface area contributed by atoms with E-state index >= 15 is 0 Å². The maximum atomic E-state index is 13.4. The Morgan fingerprint density at radius 3 is 2.00 bits per heavy atom. The molecule has 0 spiro atoms. The zero-order valence-electron chi connectivity index (χ0n) is 18.3. The van der Waals surface area contributed by atoms with Gasteiger partial charge in [0, 0.05) is 12.5 Å². The Morgan fingerprint density at radius 2 is 1.52 bits per heavy atom. The van der Waals surface area contributed by atoms with Gasteiger partial charge in [-0.1, -0.05) is 66.7 Å². The first-order valence-corrected chi connectivity index (χ1v) is 10.2. The number of nitrogens with zero attached hydrogens (tertiary/aromatic N) is 1. The van der Waals surface area contributed by atoms with E-state index in [4.69, 9.17) is 9.47 Å². The molecule has 0 bridgehead atoms. The zero-order chi connectivity index (χ0) is 23.8. The number of carbonyl (C=O) groups is 2. The molecule has 170 valence electrons. The summed E-state index contributed by atoms with van der Waals surface area (Å²) in [5.74, 6) is -1.58. The highest BCUT2D eigenvalue weighted by Gasteiger charge is 2.29. The van der Waals surface area contributed by atoms with Crippen LogP contribution in [0.2, 0.25) is 0 Å². The molecule has 0 saturated carbocycles. The standard InChI is InChI=1S/C25H24N2O6/c1-32-22-14-13-17(16-21(22)27(30)31)15-20(25(29)33-2)26-24(28)23(18-9-5-3-6-10-18)19-11-7-4-8-12-19/h3-14,16,20,23H,15H2,1-2H3,(H,26,28)/t20-/m1/s1. The summed E-state index contributed by atoms with van der Waals surface area (Å²) >= 11 is 0. The first kappa shape index (κ1) is 23.5. The SMILES string of the molecule is COC(=O)[C@@H](Cc1ccc(OC)c([N+](=O)[O-])c1)NC(=O)C(c1ccccc1)c1ccccc1. The molecule has 0 aromatic heterocycles. The summed E-state index contributed by atoms with van der Waals surface area (Å²) in [6.07, 6.45) is 0.0134. The second kappa shape index (κ2) is 10.9. The second-order valence-corrected chi connectivity index (χ2v) is 7.31. The predicted molar refractivity (Wildman–Crippen MR) is 122 cm³/mol. The van der Waals surface area contributed by atoms with Gasteiger partial charge in [-0.3, -0.25) is 14.9 Å². The normalized spacial score (nSPS) is 11.5. The number of nitro groups is 1. The number of rotatable bonds is 9. The molecule has 1 N–H and O–H groups in total. The molecule has 8 nitrogen and oxygen atoms in total. The molecule has 1 amide bonds. The number of nitrogens with one attached hydrogen (secondary N) is 1. The highest BCUT2D eigenvalue weighted by atomic mass is 16.6. The van der Waals surface area contributed by atoms with Crippen molar-refractivity contribution >= 4 is 17.6 Å². The molecule has 3 rings (SSSR count). The Hall–Kier alpha value is -4.20. The Bertz CT molecular complexity index is 1080. The smallest absolute Gasteiger partial charge is 0.328 e. The first-order valence-electron chi connectivity index (χ1n) is 10.2. The van der Waals surface area contributed by atoms with Crippen LogP contribution in [0.4, 0.5) is 5.69 Å². The van der Waals surface area contributed by atoms with Crippen molar-refractivity contribution in [3.8, 4) is 5.75 Å². The van der Waals surface area contributed by atoms with Crippen LogP contribution in [0.3, 0.4) is 0 Å². The zero-order valence-corrected chi connectivity index (χ0v) is 18.3. The minimum Gasteiger partial charge on any atom is -0.490 e. The number of nitro benzene ring substituents is 1. The third kappa shape index (κ3) is 5.74. The molecule has 8 heteroatoms. The molecule has 0 aliphatic carbocycles. The van der Waals surface area contributed by atoms with E-state index in [-0.39, 0.29) is 23.8 Å². The topological polar surface area (TPSA) is 108 Å². The number of methoxy groups -OCH3 is 2. The summed E-state index contributed by atoms with van der Waals surface area (Å²) in [5.41, 5.74) is 1.79. The third-order valence-corrected chi connectivity index (χ3v) is 5.21. The van der Waals surface area contributed by atoms with Crippen molar-refractivity contribution in [3.63, 3.8) is 0 Å². The van der Waals surface area contributed by atoms with E-state index in [2.05, 4.69) is 5.32 Å². The van der Waals surface area contributed by atoms with Gasteiger partial charge in [0.1, 0.15) is 6.04 Å². The minimum absolute atomic E-state index is 0.0134. The van der Waals surface area contributed by atoms with E-state index in [0.29, 0.717) is 5.56 Å². The highest BCUT2D eigenvalue weighted by molar-refractivity contribution is 5.91. The van der Waals surface area contributed by atoms with Crippen molar-refractivity contribution in [1.29, 1.82) is 0 Å². The van der Waals surface area contributed by atoms with Crippen LogP contribution in [-0.2, 0) is 20.7 Å². The molecule has 0 aliphatic heterocycles. The van der Waals surface area contributed by atoms with Gasteiger partial charge in [-0.25, -0.2) is 4.79 Å². The molecule has 0 aliphatic rings. The molecular formula is C25H24N2O6. The lowest BCUT2D eigenvalue weighted by Crippen LogP contribution is -2.45. The molecule has 0 radical (unpaired) electrons.